The van der Waals surface area contributed by atoms with Gasteiger partial charge in [-0.2, -0.15) is 0 Å². The molecule has 0 aliphatic rings. The lowest BCUT2D eigenvalue weighted by atomic mass is 10.2. The lowest BCUT2D eigenvalue weighted by molar-refractivity contribution is -0.120. The van der Waals surface area contributed by atoms with E-state index in [1.54, 1.807) is 24.3 Å². The van der Waals surface area contributed by atoms with E-state index in [9.17, 15) is 18.0 Å². The van der Waals surface area contributed by atoms with Gasteiger partial charge in [0.25, 0.3) is 15.9 Å². The molecule has 0 aliphatic heterocycles. The molecule has 0 unspecified atom stereocenters. The van der Waals surface area contributed by atoms with E-state index in [4.69, 9.17) is 4.74 Å². The normalized spacial score (nSPS) is 10.8. The first-order valence-electron chi connectivity index (χ1n) is 9.26. The number of rotatable bonds is 10. The summed E-state index contributed by atoms with van der Waals surface area (Å²) in [6.07, 6.45) is 0.806. The van der Waals surface area contributed by atoms with Crippen LogP contribution in [0, 0.1) is 0 Å². The van der Waals surface area contributed by atoms with E-state index in [1.807, 2.05) is 13.8 Å². The third-order valence-electron chi connectivity index (χ3n) is 3.83. The van der Waals surface area contributed by atoms with Crippen LogP contribution in [0.3, 0.4) is 0 Å². The second-order valence-electron chi connectivity index (χ2n) is 6.12. The zero-order valence-electron chi connectivity index (χ0n) is 16.4. The van der Waals surface area contributed by atoms with Crippen LogP contribution in [0.15, 0.2) is 53.4 Å². The average Bonchev–Trinajstić information content (AvgIpc) is 2.72. The van der Waals surface area contributed by atoms with Crippen LogP contribution in [-0.2, 0) is 14.8 Å². The van der Waals surface area contributed by atoms with Crippen LogP contribution in [0.4, 0.5) is 5.69 Å². The van der Waals surface area contributed by atoms with E-state index in [0.29, 0.717) is 24.6 Å². The molecule has 2 rings (SSSR count). The van der Waals surface area contributed by atoms with Crippen molar-refractivity contribution >= 4 is 27.5 Å². The van der Waals surface area contributed by atoms with Crippen molar-refractivity contribution in [2.24, 2.45) is 0 Å². The van der Waals surface area contributed by atoms with Crippen LogP contribution in [-0.4, -0.2) is 39.9 Å². The number of ether oxygens (including phenoxy) is 1. The van der Waals surface area contributed by atoms with Gasteiger partial charge in [-0.15, -0.1) is 0 Å². The average molecular weight is 420 g/mol. The number of hydrogen-bond donors (Lipinski definition) is 3. The van der Waals surface area contributed by atoms with Crippen molar-refractivity contribution in [2.75, 3.05) is 24.4 Å². The maximum atomic E-state index is 12.5. The van der Waals surface area contributed by atoms with Gasteiger partial charge in [0, 0.05) is 17.8 Å². The van der Waals surface area contributed by atoms with E-state index < -0.39 is 15.9 Å². The third-order valence-corrected chi connectivity index (χ3v) is 5.22. The Kier molecular flexibility index (Phi) is 8.02. The number of hydrogen-bond acceptors (Lipinski definition) is 5. The standard InChI is InChI=1S/C20H25N3O5S/c1-3-13-21-19(24)14-22-20(25)15-5-11-18(12-6-15)29(26,27)23-16-7-9-17(10-8-16)28-4-2/h5-12,23H,3-4,13-14H2,1-2H3,(H,21,24)(H,22,25). The first-order valence-corrected chi connectivity index (χ1v) is 10.7. The molecule has 29 heavy (non-hydrogen) atoms. The molecule has 8 nitrogen and oxygen atoms in total. The quantitative estimate of drug-likeness (QED) is 0.546. The summed E-state index contributed by atoms with van der Waals surface area (Å²) in [5.41, 5.74) is 0.654. The summed E-state index contributed by atoms with van der Waals surface area (Å²) < 4.78 is 32.8. The summed E-state index contributed by atoms with van der Waals surface area (Å²) in [6.45, 7) is 4.72. The Morgan fingerprint density at radius 2 is 1.59 bits per heavy atom. The molecule has 0 radical (unpaired) electrons. The van der Waals surface area contributed by atoms with Crippen LogP contribution in [0.1, 0.15) is 30.6 Å². The fourth-order valence-electron chi connectivity index (χ4n) is 2.37. The maximum absolute atomic E-state index is 12.5. The summed E-state index contributed by atoms with van der Waals surface area (Å²) in [5.74, 6) is -0.0896. The molecule has 0 saturated carbocycles. The van der Waals surface area contributed by atoms with Gasteiger partial charge in [0.05, 0.1) is 18.0 Å². The maximum Gasteiger partial charge on any atom is 0.261 e. The highest BCUT2D eigenvalue weighted by atomic mass is 32.2. The topological polar surface area (TPSA) is 114 Å². The summed E-state index contributed by atoms with van der Waals surface area (Å²) in [6, 6.07) is 12.0. The zero-order valence-corrected chi connectivity index (χ0v) is 17.2. The monoisotopic (exact) mass is 419 g/mol. The van der Waals surface area contributed by atoms with Gasteiger partial charge >= 0.3 is 0 Å². The Morgan fingerprint density at radius 1 is 0.931 bits per heavy atom. The van der Waals surface area contributed by atoms with Gasteiger partial charge in [-0.3, -0.25) is 14.3 Å². The lowest BCUT2D eigenvalue weighted by Crippen LogP contribution is -2.37. The first-order chi connectivity index (χ1) is 13.9. The third kappa shape index (κ3) is 6.79. The Hall–Kier alpha value is -3.07. The second-order valence-corrected chi connectivity index (χ2v) is 7.80. The molecule has 0 aromatic heterocycles. The highest BCUT2D eigenvalue weighted by molar-refractivity contribution is 7.92. The Balaban J connectivity index is 1.98. The predicted molar refractivity (Wildman–Crippen MR) is 110 cm³/mol. The summed E-state index contributed by atoms with van der Waals surface area (Å²) in [5, 5.41) is 5.15. The van der Waals surface area contributed by atoms with Crippen molar-refractivity contribution in [1.29, 1.82) is 0 Å². The van der Waals surface area contributed by atoms with Crippen molar-refractivity contribution in [3.63, 3.8) is 0 Å². The minimum atomic E-state index is -3.80. The molecule has 0 atom stereocenters. The first kappa shape index (κ1) is 22.2. The zero-order chi connectivity index (χ0) is 21.3. The van der Waals surface area contributed by atoms with Crippen LogP contribution < -0.4 is 20.1 Å². The Morgan fingerprint density at radius 3 is 2.17 bits per heavy atom. The van der Waals surface area contributed by atoms with Crippen LogP contribution in [0.5, 0.6) is 5.75 Å². The van der Waals surface area contributed by atoms with Gasteiger partial charge in [0.2, 0.25) is 5.91 Å². The van der Waals surface area contributed by atoms with E-state index in [-0.39, 0.29) is 22.9 Å². The largest absolute Gasteiger partial charge is 0.494 e. The fraction of sp³-hybridized carbons (Fsp3) is 0.300. The van der Waals surface area contributed by atoms with Crippen molar-refractivity contribution in [3.8, 4) is 5.75 Å². The Bertz CT molecular complexity index is 926. The smallest absolute Gasteiger partial charge is 0.261 e. The molecule has 2 amide bonds. The van der Waals surface area contributed by atoms with Crippen LogP contribution in [0.25, 0.3) is 0 Å². The van der Waals surface area contributed by atoms with Crippen molar-refractivity contribution in [3.05, 3.63) is 54.1 Å². The molecular formula is C20H25N3O5S. The molecule has 0 bridgehead atoms. The molecular weight excluding hydrogens is 394 g/mol. The van der Waals surface area contributed by atoms with Gasteiger partial charge in [-0.05, 0) is 61.9 Å². The summed E-state index contributed by atoms with van der Waals surface area (Å²) in [7, 11) is -3.80. The SMILES string of the molecule is CCCNC(=O)CNC(=O)c1ccc(S(=O)(=O)Nc2ccc(OCC)cc2)cc1. The predicted octanol–water partition coefficient (Wildman–Crippen LogP) is 2.14. The number of nitrogens with one attached hydrogen (secondary N) is 3. The highest BCUT2D eigenvalue weighted by Crippen LogP contribution is 2.20. The van der Waals surface area contributed by atoms with Gasteiger partial charge in [0.1, 0.15) is 5.75 Å². The van der Waals surface area contributed by atoms with Crippen LogP contribution in [0.2, 0.25) is 0 Å². The number of carbonyl (C=O) groups excluding carboxylic acids is 2. The minimum Gasteiger partial charge on any atom is -0.494 e. The van der Waals surface area contributed by atoms with Gasteiger partial charge in [0.15, 0.2) is 0 Å². The molecule has 3 N–H and O–H groups in total. The van der Waals surface area contributed by atoms with Crippen molar-refractivity contribution < 1.29 is 22.7 Å². The molecule has 0 saturated heterocycles. The van der Waals surface area contributed by atoms with Crippen LogP contribution >= 0.6 is 0 Å². The molecule has 0 spiro atoms. The number of sulfonamides is 1. The number of benzene rings is 2. The van der Waals surface area contributed by atoms with Gasteiger partial charge < -0.3 is 15.4 Å². The van der Waals surface area contributed by atoms with E-state index in [2.05, 4.69) is 15.4 Å². The number of anilines is 1. The lowest BCUT2D eigenvalue weighted by Gasteiger charge is -2.10. The molecule has 156 valence electrons. The Labute approximate surface area is 170 Å². The van der Waals surface area contributed by atoms with Gasteiger partial charge in [-0.25, -0.2) is 8.42 Å². The molecule has 2 aromatic rings. The molecule has 9 heteroatoms. The van der Waals surface area contributed by atoms with Crippen molar-refractivity contribution in [1.82, 2.24) is 10.6 Å². The van der Waals surface area contributed by atoms with Crippen molar-refractivity contribution in [2.45, 2.75) is 25.2 Å². The van der Waals surface area contributed by atoms with Gasteiger partial charge in [-0.1, -0.05) is 6.92 Å². The summed E-state index contributed by atoms with van der Waals surface area (Å²) >= 11 is 0. The fourth-order valence-corrected chi connectivity index (χ4v) is 3.43. The summed E-state index contributed by atoms with van der Waals surface area (Å²) in [4.78, 5) is 23.6. The number of amides is 2. The molecule has 0 heterocycles. The van der Waals surface area contributed by atoms with E-state index >= 15 is 0 Å². The minimum absolute atomic E-state index is 0.0172. The molecule has 0 fully saturated rings. The van der Waals surface area contributed by atoms with E-state index in [0.717, 1.165) is 6.42 Å². The molecule has 2 aromatic carbocycles. The molecule has 0 aliphatic carbocycles. The highest BCUT2D eigenvalue weighted by Gasteiger charge is 2.15. The number of carbonyl (C=O) groups is 2. The second kappa shape index (κ2) is 10.5. The van der Waals surface area contributed by atoms with E-state index in [1.165, 1.54) is 24.3 Å².